The number of thioether (sulfide) groups is 1. The topological polar surface area (TPSA) is 26.3 Å². The van der Waals surface area contributed by atoms with E-state index in [0.717, 1.165) is 12.8 Å². The maximum atomic E-state index is 12.5. The molecular weight excluding hydrogens is 292 g/mol. The maximum absolute atomic E-state index is 12.5. The fourth-order valence-electron chi connectivity index (χ4n) is 4.09. The van der Waals surface area contributed by atoms with Gasteiger partial charge in [-0.05, 0) is 41.8 Å². The van der Waals surface area contributed by atoms with E-state index in [1.807, 2.05) is 0 Å². The molecule has 2 aromatic carbocycles. The minimum absolute atomic E-state index is 0.000735. The Morgan fingerprint density at radius 2 is 1.95 bits per heavy atom. The predicted octanol–water partition coefficient (Wildman–Crippen LogP) is 4.19. The summed E-state index contributed by atoms with van der Waals surface area (Å²) >= 11 is 1.70. The smallest absolute Gasteiger partial charge is 0.147 e. The van der Waals surface area contributed by atoms with Crippen LogP contribution in [-0.2, 0) is 9.53 Å². The molecule has 5 rings (SSSR count). The molecule has 0 amide bonds. The Bertz CT molecular complexity index is 812. The highest BCUT2D eigenvalue weighted by Crippen LogP contribution is 2.56. The fourth-order valence-corrected chi connectivity index (χ4v) is 5.47. The number of carbonyl (C=O) groups is 1. The van der Waals surface area contributed by atoms with Crippen LogP contribution in [0.25, 0.3) is 10.8 Å². The molecule has 0 N–H and O–H groups in total. The van der Waals surface area contributed by atoms with Crippen LogP contribution in [0.5, 0.6) is 0 Å². The summed E-state index contributed by atoms with van der Waals surface area (Å²) in [5.74, 6) is 0.535. The molecule has 4 bridgehead atoms. The third-order valence-electron chi connectivity index (χ3n) is 5.19. The van der Waals surface area contributed by atoms with Crippen LogP contribution in [0.15, 0.2) is 59.5 Å². The largest absolute Gasteiger partial charge is 0.351 e. The zero-order valence-corrected chi connectivity index (χ0v) is 12.9. The third-order valence-corrected chi connectivity index (χ3v) is 6.52. The third kappa shape index (κ3) is 1.70. The van der Waals surface area contributed by atoms with Gasteiger partial charge < -0.3 is 4.74 Å². The van der Waals surface area contributed by atoms with Gasteiger partial charge in [-0.3, -0.25) is 4.79 Å². The summed E-state index contributed by atoms with van der Waals surface area (Å²) in [6, 6.07) is 14.8. The minimum Gasteiger partial charge on any atom is -0.351 e. The average molecular weight is 308 g/mol. The summed E-state index contributed by atoms with van der Waals surface area (Å²) in [6.07, 6.45) is 6.19. The summed E-state index contributed by atoms with van der Waals surface area (Å²) in [5, 5.41) is 2.47. The number of Topliss-reactive ketones (excluding diaryl/α,β-unsaturated/α-hetero) is 1. The monoisotopic (exact) mass is 308 g/mol. The molecule has 3 aliphatic rings. The van der Waals surface area contributed by atoms with Crippen molar-refractivity contribution in [2.45, 2.75) is 28.8 Å². The van der Waals surface area contributed by atoms with Crippen LogP contribution in [0.4, 0.5) is 0 Å². The molecule has 1 saturated heterocycles. The van der Waals surface area contributed by atoms with Gasteiger partial charge in [0, 0.05) is 10.8 Å². The van der Waals surface area contributed by atoms with Crippen molar-refractivity contribution in [1.82, 2.24) is 0 Å². The first-order valence-corrected chi connectivity index (χ1v) is 8.66. The van der Waals surface area contributed by atoms with E-state index in [1.165, 1.54) is 15.7 Å². The number of hydrogen-bond acceptors (Lipinski definition) is 3. The lowest BCUT2D eigenvalue weighted by molar-refractivity contribution is -0.141. The van der Waals surface area contributed by atoms with Gasteiger partial charge in [-0.2, -0.15) is 0 Å². The van der Waals surface area contributed by atoms with Crippen molar-refractivity contribution in [1.29, 1.82) is 0 Å². The van der Waals surface area contributed by atoms with E-state index in [9.17, 15) is 4.79 Å². The molecule has 2 nitrogen and oxygen atoms in total. The normalized spacial score (nSPS) is 35.5. The Morgan fingerprint density at radius 1 is 1.09 bits per heavy atom. The van der Waals surface area contributed by atoms with Crippen LogP contribution in [0.3, 0.4) is 0 Å². The zero-order chi connectivity index (χ0) is 14.7. The van der Waals surface area contributed by atoms with Crippen molar-refractivity contribution in [3.8, 4) is 0 Å². The van der Waals surface area contributed by atoms with Crippen LogP contribution in [-0.4, -0.2) is 16.8 Å². The summed E-state index contributed by atoms with van der Waals surface area (Å²) in [6.45, 7) is 0. The number of benzene rings is 2. The van der Waals surface area contributed by atoms with Gasteiger partial charge in [-0.15, -0.1) is 0 Å². The second kappa shape index (κ2) is 4.46. The molecule has 2 fully saturated rings. The van der Waals surface area contributed by atoms with Gasteiger partial charge in [0.2, 0.25) is 0 Å². The highest BCUT2D eigenvalue weighted by Gasteiger charge is 2.59. The van der Waals surface area contributed by atoms with Crippen LogP contribution >= 0.6 is 11.8 Å². The Kier molecular flexibility index (Phi) is 2.62. The number of hydrogen-bond donors (Lipinski definition) is 0. The highest BCUT2D eigenvalue weighted by molar-refractivity contribution is 8.00. The highest BCUT2D eigenvalue weighted by atomic mass is 32.2. The van der Waals surface area contributed by atoms with Crippen molar-refractivity contribution >= 4 is 28.3 Å². The number of carbonyl (C=O) groups excluding carboxylic acids is 1. The molecule has 2 aliphatic heterocycles. The van der Waals surface area contributed by atoms with Gasteiger partial charge in [-0.1, -0.05) is 48.2 Å². The summed E-state index contributed by atoms with van der Waals surface area (Å²) < 4.78 is 6.29. The lowest BCUT2D eigenvalue weighted by Gasteiger charge is -2.37. The Balaban J connectivity index is 1.54. The predicted molar refractivity (Wildman–Crippen MR) is 87.8 cm³/mol. The molecule has 0 radical (unpaired) electrons. The van der Waals surface area contributed by atoms with Crippen LogP contribution in [0, 0.1) is 11.8 Å². The Morgan fingerprint density at radius 3 is 2.86 bits per heavy atom. The van der Waals surface area contributed by atoms with E-state index < -0.39 is 4.93 Å². The molecule has 0 spiro atoms. The first kappa shape index (κ1) is 12.9. The fraction of sp³-hybridized carbons (Fsp3) is 0.316. The summed E-state index contributed by atoms with van der Waals surface area (Å²) in [4.78, 5) is 13.2. The molecule has 4 atom stereocenters. The van der Waals surface area contributed by atoms with Gasteiger partial charge in [0.25, 0.3) is 0 Å². The number of fused-ring (bicyclic) bond motifs is 7. The van der Waals surface area contributed by atoms with Crippen molar-refractivity contribution in [3.05, 3.63) is 54.6 Å². The van der Waals surface area contributed by atoms with Crippen molar-refractivity contribution in [2.75, 3.05) is 0 Å². The lowest BCUT2D eigenvalue weighted by atomic mass is 9.94. The van der Waals surface area contributed by atoms with Gasteiger partial charge >= 0.3 is 0 Å². The maximum Gasteiger partial charge on any atom is 0.147 e. The molecule has 1 saturated carbocycles. The zero-order valence-electron chi connectivity index (χ0n) is 12.1. The average Bonchev–Trinajstić information content (AvgIpc) is 3.04. The molecule has 3 heteroatoms. The van der Waals surface area contributed by atoms with Crippen LogP contribution in [0.2, 0.25) is 0 Å². The lowest BCUT2D eigenvalue weighted by Crippen LogP contribution is -2.45. The number of ketones is 1. The van der Waals surface area contributed by atoms with E-state index in [1.54, 1.807) is 11.8 Å². The van der Waals surface area contributed by atoms with E-state index in [-0.39, 0.29) is 17.9 Å². The molecular formula is C19H16O2S. The quantitative estimate of drug-likeness (QED) is 0.778. The second-order valence-electron chi connectivity index (χ2n) is 6.41. The Labute approximate surface area is 133 Å². The number of rotatable bonds is 2. The van der Waals surface area contributed by atoms with Gasteiger partial charge in [0.15, 0.2) is 0 Å². The van der Waals surface area contributed by atoms with Crippen molar-refractivity contribution < 1.29 is 9.53 Å². The summed E-state index contributed by atoms with van der Waals surface area (Å²) in [5.41, 5.74) is 0. The Hall–Kier alpha value is -1.58. The molecule has 22 heavy (non-hydrogen) atoms. The van der Waals surface area contributed by atoms with Crippen LogP contribution in [0.1, 0.15) is 12.8 Å². The van der Waals surface area contributed by atoms with E-state index in [2.05, 4.69) is 54.6 Å². The molecule has 110 valence electrons. The molecule has 2 aromatic rings. The van der Waals surface area contributed by atoms with Gasteiger partial charge in [-0.25, -0.2) is 0 Å². The standard InChI is InChI=1S/C19H16O2S/c20-18-15-7-8-16(18)19(10-9-17(15)21-19)22-14-6-5-12-3-1-2-4-13(12)11-14/h1-6,9-11,15-17H,7-8H2. The van der Waals surface area contributed by atoms with Crippen molar-refractivity contribution in [3.63, 3.8) is 0 Å². The second-order valence-corrected chi connectivity index (χ2v) is 7.73. The first-order valence-electron chi connectivity index (χ1n) is 7.84. The first-order chi connectivity index (χ1) is 10.8. The SMILES string of the molecule is O=C1C2CCC1C1(Sc3ccc4ccccc4c3)C=CC2O1. The molecule has 4 unspecified atom stereocenters. The van der Waals surface area contributed by atoms with Gasteiger partial charge in [0.05, 0.1) is 12.0 Å². The van der Waals surface area contributed by atoms with Crippen molar-refractivity contribution in [2.24, 2.45) is 11.8 Å². The number of ether oxygens (including phenoxy) is 1. The van der Waals surface area contributed by atoms with Crippen LogP contribution < -0.4 is 0 Å². The van der Waals surface area contributed by atoms with E-state index in [4.69, 9.17) is 4.74 Å². The van der Waals surface area contributed by atoms with Gasteiger partial charge in [0.1, 0.15) is 10.7 Å². The summed E-state index contributed by atoms with van der Waals surface area (Å²) in [7, 11) is 0. The molecule has 1 aliphatic carbocycles. The molecule has 0 aromatic heterocycles. The minimum atomic E-state index is -0.475. The molecule has 2 heterocycles. The van der Waals surface area contributed by atoms with E-state index in [0.29, 0.717) is 5.78 Å². The van der Waals surface area contributed by atoms with E-state index >= 15 is 0 Å².